The Morgan fingerprint density at radius 2 is 2.33 bits per heavy atom. The Bertz CT molecular complexity index is 417. The minimum atomic E-state index is -0.411. The van der Waals surface area contributed by atoms with Gasteiger partial charge in [-0.15, -0.1) is 0 Å². The predicted molar refractivity (Wildman–Crippen MR) is 54.9 cm³/mol. The van der Waals surface area contributed by atoms with Gasteiger partial charge in [0.15, 0.2) is 0 Å². The van der Waals surface area contributed by atoms with Crippen molar-refractivity contribution in [1.82, 2.24) is 0 Å². The van der Waals surface area contributed by atoms with Crippen molar-refractivity contribution in [2.45, 2.75) is 19.4 Å². The van der Waals surface area contributed by atoms with Crippen LogP contribution in [0.25, 0.3) is 0 Å². The van der Waals surface area contributed by atoms with Crippen molar-refractivity contribution in [3.05, 3.63) is 33.4 Å². The van der Waals surface area contributed by atoms with E-state index in [1.165, 1.54) is 0 Å². The number of fused-ring (bicyclic) bond motifs is 1. The van der Waals surface area contributed by atoms with E-state index in [1.54, 1.807) is 13.0 Å². The second kappa shape index (κ2) is 3.51. The van der Waals surface area contributed by atoms with Gasteiger partial charge in [0.2, 0.25) is 5.75 Å². The van der Waals surface area contributed by atoms with Gasteiger partial charge in [-0.1, -0.05) is 12.1 Å². The molecule has 0 bridgehead atoms. The molecule has 1 aliphatic rings. The molecule has 0 saturated heterocycles. The molecule has 0 aliphatic carbocycles. The number of benzene rings is 1. The van der Waals surface area contributed by atoms with Gasteiger partial charge in [0.05, 0.1) is 11.5 Å². The predicted octanol–water partition coefficient (Wildman–Crippen LogP) is 1.69. The molecule has 0 spiro atoms. The van der Waals surface area contributed by atoms with Crippen molar-refractivity contribution < 1.29 is 9.66 Å². The molecule has 1 aromatic rings. The highest BCUT2D eigenvalue weighted by molar-refractivity contribution is 5.58. The third-order valence-corrected chi connectivity index (χ3v) is 2.62. The summed E-state index contributed by atoms with van der Waals surface area (Å²) in [4.78, 5) is 10.5. The molecule has 0 fully saturated rings. The Labute approximate surface area is 87.0 Å². The standard InChI is InChI=1S/C10H12N2O3/c1-6-2-3-7-8(11)4-5-15-10(7)9(6)12(13)14/h2-3,8H,4-5,11H2,1H3/t8-/m0/s1. The molecular formula is C10H12N2O3. The van der Waals surface area contributed by atoms with E-state index in [0.717, 1.165) is 5.56 Å². The lowest BCUT2D eigenvalue weighted by Crippen LogP contribution is -2.21. The van der Waals surface area contributed by atoms with Gasteiger partial charge in [-0.05, 0) is 6.92 Å². The van der Waals surface area contributed by atoms with Crippen LogP contribution in [0, 0.1) is 17.0 Å². The lowest BCUT2D eigenvalue weighted by Gasteiger charge is -2.22. The molecule has 0 radical (unpaired) electrons. The van der Waals surface area contributed by atoms with Crippen LogP contribution in [0.4, 0.5) is 5.69 Å². The SMILES string of the molecule is Cc1ccc2c(c1[N+](=O)[O-])OCC[C@@H]2N. The molecule has 1 heterocycles. The fourth-order valence-electron chi connectivity index (χ4n) is 1.80. The van der Waals surface area contributed by atoms with Gasteiger partial charge >= 0.3 is 5.69 Å². The number of nitrogens with two attached hydrogens (primary N) is 1. The molecule has 0 amide bonds. The number of aryl methyl sites for hydroxylation is 1. The van der Waals surface area contributed by atoms with Crippen molar-refractivity contribution in [1.29, 1.82) is 0 Å². The van der Waals surface area contributed by atoms with E-state index >= 15 is 0 Å². The number of ether oxygens (including phenoxy) is 1. The molecule has 5 nitrogen and oxygen atoms in total. The van der Waals surface area contributed by atoms with Crippen molar-refractivity contribution in [2.75, 3.05) is 6.61 Å². The van der Waals surface area contributed by atoms with Gasteiger partial charge in [0.25, 0.3) is 0 Å². The Morgan fingerprint density at radius 3 is 3.00 bits per heavy atom. The maximum absolute atomic E-state index is 10.9. The molecule has 1 aromatic carbocycles. The lowest BCUT2D eigenvalue weighted by molar-refractivity contribution is -0.386. The summed E-state index contributed by atoms with van der Waals surface area (Å²) >= 11 is 0. The number of rotatable bonds is 1. The number of nitro benzene ring substituents is 1. The van der Waals surface area contributed by atoms with E-state index in [9.17, 15) is 10.1 Å². The van der Waals surface area contributed by atoms with E-state index < -0.39 is 4.92 Å². The normalized spacial score (nSPS) is 19.2. The minimum absolute atomic E-state index is 0.0441. The van der Waals surface area contributed by atoms with Crippen LogP contribution in [-0.2, 0) is 0 Å². The Morgan fingerprint density at radius 1 is 1.60 bits per heavy atom. The van der Waals surface area contributed by atoms with Gasteiger partial charge in [0.1, 0.15) is 0 Å². The molecule has 0 aromatic heterocycles. The minimum Gasteiger partial charge on any atom is -0.486 e. The summed E-state index contributed by atoms with van der Waals surface area (Å²) in [6.45, 7) is 2.14. The molecule has 1 atom stereocenters. The van der Waals surface area contributed by atoms with Gasteiger partial charge in [-0.3, -0.25) is 10.1 Å². The smallest absolute Gasteiger partial charge is 0.314 e. The summed E-state index contributed by atoms with van der Waals surface area (Å²) in [6.07, 6.45) is 0.702. The zero-order valence-electron chi connectivity index (χ0n) is 8.40. The monoisotopic (exact) mass is 208 g/mol. The van der Waals surface area contributed by atoms with Gasteiger partial charge in [-0.2, -0.15) is 0 Å². The summed E-state index contributed by atoms with van der Waals surface area (Å²) in [5.41, 5.74) is 7.25. The lowest BCUT2D eigenvalue weighted by atomic mass is 9.98. The van der Waals surface area contributed by atoms with Gasteiger partial charge in [0, 0.05) is 23.6 Å². The van der Waals surface area contributed by atoms with Crippen LogP contribution in [0.3, 0.4) is 0 Å². The molecule has 2 rings (SSSR count). The summed E-state index contributed by atoms with van der Waals surface area (Å²) in [5, 5.41) is 10.9. The van der Waals surface area contributed by atoms with Crippen LogP contribution >= 0.6 is 0 Å². The molecule has 5 heteroatoms. The Hall–Kier alpha value is -1.62. The molecule has 2 N–H and O–H groups in total. The largest absolute Gasteiger partial charge is 0.486 e. The zero-order chi connectivity index (χ0) is 11.0. The van der Waals surface area contributed by atoms with Crippen molar-refractivity contribution in [3.63, 3.8) is 0 Å². The highest BCUT2D eigenvalue weighted by Gasteiger charge is 2.28. The van der Waals surface area contributed by atoms with Crippen LogP contribution in [-0.4, -0.2) is 11.5 Å². The van der Waals surface area contributed by atoms with Crippen LogP contribution in [0.2, 0.25) is 0 Å². The van der Waals surface area contributed by atoms with E-state index in [-0.39, 0.29) is 11.7 Å². The molecule has 0 unspecified atom stereocenters. The second-order valence-electron chi connectivity index (χ2n) is 3.65. The van der Waals surface area contributed by atoms with Crippen LogP contribution in [0.1, 0.15) is 23.6 Å². The maximum Gasteiger partial charge on any atom is 0.314 e. The topological polar surface area (TPSA) is 78.4 Å². The maximum atomic E-state index is 10.9. The quantitative estimate of drug-likeness (QED) is 0.562. The number of nitrogens with zero attached hydrogens (tertiary/aromatic N) is 1. The fraction of sp³-hybridized carbons (Fsp3) is 0.400. The molecule has 15 heavy (non-hydrogen) atoms. The average Bonchev–Trinajstić information content (AvgIpc) is 2.17. The average molecular weight is 208 g/mol. The Kier molecular flexibility index (Phi) is 2.32. The third kappa shape index (κ3) is 1.55. The summed E-state index contributed by atoms with van der Waals surface area (Å²) < 4.78 is 5.35. The molecule has 1 aliphatic heterocycles. The van der Waals surface area contributed by atoms with Crippen molar-refractivity contribution in [2.24, 2.45) is 5.73 Å². The van der Waals surface area contributed by atoms with E-state index in [1.807, 2.05) is 6.07 Å². The van der Waals surface area contributed by atoms with E-state index in [0.29, 0.717) is 24.3 Å². The second-order valence-corrected chi connectivity index (χ2v) is 3.65. The van der Waals surface area contributed by atoms with Gasteiger partial charge in [-0.25, -0.2) is 0 Å². The summed E-state index contributed by atoms with van der Waals surface area (Å²) in [7, 11) is 0. The molecular weight excluding hydrogens is 196 g/mol. The first-order chi connectivity index (χ1) is 7.11. The first-order valence-corrected chi connectivity index (χ1v) is 4.77. The van der Waals surface area contributed by atoms with Gasteiger partial charge < -0.3 is 10.5 Å². The van der Waals surface area contributed by atoms with Crippen LogP contribution in [0.15, 0.2) is 12.1 Å². The Balaban J connectivity index is 2.63. The van der Waals surface area contributed by atoms with Crippen molar-refractivity contribution in [3.8, 4) is 5.75 Å². The van der Waals surface area contributed by atoms with Crippen molar-refractivity contribution >= 4 is 5.69 Å². The summed E-state index contributed by atoms with van der Waals surface area (Å²) in [5.74, 6) is 0.346. The van der Waals surface area contributed by atoms with E-state index in [4.69, 9.17) is 10.5 Å². The van der Waals surface area contributed by atoms with Crippen LogP contribution in [0.5, 0.6) is 5.75 Å². The number of hydrogen-bond donors (Lipinski definition) is 1. The first kappa shape index (κ1) is 9.92. The highest BCUT2D eigenvalue weighted by Crippen LogP contribution is 2.40. The molecule has 0 saturated carbocycles. The number of hydrogen-bond acceptors (Lipinski definition) is 4. The zero-order valence-corrected chi connectivity index (χ0v) is 8.40. The molecule has 80 valence electrons. The highest BCUT2D eigenvalue weighted by atomic mass is 16.6. The first-order valence-electron chi connectivity index (χ1n) is 4.77. The number of nitro groups is 1. The van der Waals surface area contributed by atoms with E-state index in [2.05, 4.69) is 0 Å². The third-order valence-electron chi connectivity index (χ3n) is 2.62. The summed E-state index contributed by atoms with van der Waals surface area (Å²) in [6, 6.07) is 3.36. The fourth-order valence-corrected chi connectivity index (χ4v) is 1.80. The van der Waals surface area contributed by atoms with Crippen LogP contribution < -0.4 is 10.5 Å².